The van der Waals surface area contributed by atoms with E-state index in [-0.39, 0.29) is 11.8 Å². The van der Waals surface area contributed by atoms with Crippen molar-refractivity contribution in [1.82, 2.24) is 0 Å². The Morgan fingerprint density at radius 3 is 1.84 bits per heavy atom. The smallest absolute Gasteiger partial charge is 0.266 e. The third kappa shape index (κ3) is 3.18. The van der Waals surface area contributed by atoms with Crippen LogP contribution in [0.2, 0.25) is 0 Å². The lowest BCUT2D eigenvalue weighted by Gasteiger charge is -2.28. The van der Waals surface area contributed by atoms with Crippen LogP contribution in [0.5, 0.6) is 11.5 Å². The van der Waals surface area contributed by atoms with Crippen molar-refractivity contribution in [3.8, 4) is 11.5 Å². The van der Waals surface area contributed by atoms with Crippen LogP contribution in [0.1, 0.15) is 11.6 Å². The number of hydroxylamine groups is 1. The van der Waals surface area contributed by atoms with Crippen molar-refractivity contribution in [3.05, 3.63) is 84.4 Å². The topological polar surface area (TPSA) is 68.3 Å². The van der Waals surface area contributed by atoms with Gasteiger partial charge in [-0.2, -0.15) is 0 Å². The van der Waals surface area contributed by atoms with Gasteiger partial charge in [0.1, 0.15) is 17.4 Å². The maximum Gasteiger partial charge on any atom is 0.266 e. The molecule has 0 N–H and O–H groups in total. The molecule has 0 radical (unpaired) electrons. The van der Waals surface area contributed by atoms with Crippen molar-refractivity contribution in [1.29, 1.82) is 0 Å². The molecule has 3 aromatic carbocycles. The summed E-state index contributed by atoms with van der Waals surface area (Å²) in [6.07, 6.45) is -0.906. The van der Waals surface area contributed by atoms with Crippen LogP contribution >= 0.6 is 0 Å². The summed E-state index contributed by atoms with van der Waals surface area (Å²) >= 11 is 0. The van der Waals surface area contributed by atoms with E-state index in [9.17, 15) is 9.59 Å². The van der Waals surface area contributed by atoms with Crippen LogP contribution in [0.25, 0.3) is 0 Å². The third-order valence-corrected chi connectivity index (χ3v) is 5.91. The molecule has 2 aliphatic rings. The highest BCUT2D eigenvalue weighted by Crippen LogP contribution is 2.47. The van der Waals surface area contributed by atoms with Crippen molar-refractivity contribution in [3.63, 3.8) is 0 Å². The van der Waals surface area contributed by atoms with Crippen LogP contribution in [0.15, 0.2) is 78.9 Å². The lowest BCUT2D eigenvalue weighted by atomic mass is 9.90. The first-order chi connectivity index (χ1) is 15.6. The van der Waals surface area contributed by atoms with Crippen molar-refractivity contribution >= 4 is 23.2 Å². The zero-order valence-corrected chi connectivity index (χ0v) is 17.7. The zero-order chi connectivity index (χ0) is 22.2. The molecule has 0 bridgehead atoms. The first-order valence-corrected chi connectivity index (χ1v) is 10.3. The summed E-state index contributed by atoms with van der Waals surface area (Å²) in [5.41, 5.74) is 2.14. The molecule has 2 amide bonds. The Bertz CT molecular complexity index is 1130. The number of hydrogen-bond donors (Lipinski definition) is 0. The van der Waals surface area contributed by atoms with E-state index in [0.29, 0.717) is 17.2 Å². The minimum absolute atomic E-state index is 0.282. The van der Waals surface area contributed by atoms with E-state index in [2.05, 4.69) is 0 Å². The Kier molecular flexibility index (Phi) is 5.03. The van der Waals surface area contributed by atoms with Gasteiger partial charge in [-0.15, -0.1) is 0 Å². The Morgan fingerprint density at radius 1 is 0.719 bits per heavy atom. The van der Waals surface area contributed by atoms with Gasteiger partial charge in [0.25, 0.3) is 5.91 Å². The van der Waals surface area contributed by atoms with Gasteiger partial charge >= 0.3 is 0 Å². The van der Waals surface area contributed by atoms with E-state index in [0.717, 1.165) is 11.3 Å². The molecular formula is C25H22N2O5. The molecule has 0 aliphatic carbocycles. The van der Waals surface area contributed by atoms with Crippen LogP contribution in [-0.4, -0.2) is 32.1 Å². The van der Waals surface area contributed by atoms with Crippen molar-refractivity contribution in [2.75, 3.05) is 24.2 Å². The summed E-state index contributed by atoms with van der Waals surface area (Å²) < 4.78 is 10.4. The monoisotopic (exact) mass is 430 g/mol. The number of ether oxygens (including phenoxy) is 2. The number of nitrogens with zero attached hydrogens (tertiary/aromatic N) is 2. The SMILES string of the molecule is COc1ccc(N2C(=O)C3ON(c4ccc(OC)cc4)C(c4ccccc4)C3C2=O)cc1. The maximum atomic E-state index is 13.6. The minimum Gasteiger partial charge on any atom is -0.497 e. The number of benzene rings is 3. The summed E-state index contributed by atoms with van der Waals surface area (Å²) in [4.78, 5) is 34.2. The van der Waals surface area contributed by atoms with Gasteiger partial charge in [-0.25, -0.2) is 9.96 Å². The molecule has 7 nitrogen and oxygen atoms in total. The van der Waals surface area contributed by atoms with Crippen molar-refractivity contribution in [2.45, 2.75) is 12.1 Å². The molecule has 162 valence electrons. The van der Waals surface area contributed by atoms with Gasteiger partial charge in [0.15, 0.2) is 6.10 Å². The Balaban J connectivity index is 1.53. The quantitative estimate of drug-likeness (QED) is 0.575. The lowest BCUT2D eigenvalue weighted by Crippen LogP contribution is -2.37. The average molecular weight is 430 g/mol. The standard InChI is InChI=1S/C25H22N2O5/c1-30-19-12-8-17(9-13-19)26-24(28)21-22(16-6-4-3-5-7-16)27(32-23(21)25(26)29)18-10-14-20(31-2)15-11-18/h3-15,21-23H,1-2H3. The normalized spacial score (nSPS) is 22.2. The number of anilines is 2. The first-order valence-electron chi connectivity index (χ1n) is 10.3. The molecule has 0 spiro atoms. The minimum atomic E-state index is -0.906. The predicted octanol–water partition coefficient (Wildman–Crippen LogP) is 3.75. The number of rotatable bonds is 5. The van der Waals surface area contributed by atoms with Gasteiger partial charge in [-0.3, -0.25) is 14.4 Å². The molecule has 3 unspecified atom stereocenters. The van der Waals surface area contributed by atoms with Crippen molar-refractivity contribution in [2.24, 2.45) is 5.92 Å². The highest BCUT2D eigenvalue weighted by atomic mass is 16.7. The fourth-order valence-electron chi connectivity index (χ4n) is 4.34. The molecule has 2 aliphatic heterocycles. The molecule has 2 heterocycles. The number of fused-ring (bicyclic) bond motifs is 1. The van der Waals surface area contributed by atoms with Gasteiger partial charge in [0, 0.05) is 0 Å². The Hall–Kier alpha value is -3.84. The highest BCUT2D eigenvalue weighted by molar-refractivity contribution is 6.23. The van der Waals surface area contributed by atoms with E-state index in [1.54, 1.807) is 43.5 Å². The second kappa shape index (κ2) is 8.01. The summed E-state index contributed by atoms with van der Waals surface area (Å²) in [6.45, 7) is 0. The molecule has 0 saturated carbocycles. The summed E-state index contributed by atoms with van der Waals surface area (Å²) in [7, 11) is 3.17. The van der Waals surface area contributed by atoms with E-state index in [1.807, 2.05) is 54.6 Å². The van der Waals surface area contributed by atoms with Gasteiger partial charge in [-0.05, 0) is 54.1 Å². The number of amides is 2. The molecule has 32 heavy (non-hydrogen) atoms. The van der Waals surface area contributed by atoms with Crippen molar-refractivity contribution < 1.29 is 23.9 Å². The fraction of sp³-hybridized carbons (Fsp3) is 0.200. The van der Waals surface area contributed by atoms with Gasteiger partial charge in [0.2, 0.25) is 5.91 Å². The Labute approximate surface area is 185 Å². The third-order valence-electron chi connectivity index (χ3n) is 5.91. The molecule has 5 rings (SSSR count). The maximum absolute atomic E-state index is 13.6. The predicted molar refractivity (Wildman–Crippen MR) is 119 cm³/mol. The number of imide groups is 1. The van der Waals surface area contributed by atoms with E-state index < -0.39 is 18.1 Å². The first kappa shape index (κ1) is 20.1. The molecule has 2 saturated heterocycles. The van der Waals surface area contributed by atoms with Gasteiger partial charge < -0.3 is 9.47 Å². The summed E-state index contributed by atoms with van der Waals surface area (Å²) in [5, 5.41) is 1.67. The molecule has 2 fully saturated rings. The van der Waals surface area contributed by atoms with E-state index in [1.165, 1.54) is 4.90 Å². The average Bonchev–Trinajstić information content (AvgIpc) is 3.36. The number of methoxy groups -OCH3 is 2. The van der Waals surface area contributed by atoms with Crippen LogP contribution in [0.3, 0.4) is 0 Å². The Morgan fingerprint density at radius 2 is 1.28 bits per heavy atom. The second-order valence-corrected chi connectivity index (χ2v) is 7.64. The van der Waals surface area contributed by atoms with Crippen LogP contribution in [0, 0.1) is 5.92 Å². The largest absolute Gasteiger partial charge is 0.497 e. The molecule has 7 heteroatoms. The molecule has 3 atom stereocenters. The highest BCUT2D eigenvalue weighted by Gasteiger charge is 2.60. The zero-order valence-electron chi connectivity index (χ0n) is 17.7. The number of carbonyl (C=O) groups is 2. The van der Waals surface area contributed by atoms with Crippen LogP contribution in [-0.2, 0) is 14.4 Å². The lowest BCUT2D eigenvalue weighted by molar-refractivity contribution is -0.126. The second-order valence-electron chi connectivity index (χ2n) is 7.64. The molecule has 0 aromatic heterocycles. The van der Waals surface area contributed by atoms with Crippen LogP contribution in [0.4, 0.5) is 11.4 Å². The molecular weight excluding hydrogens is 408 g/mol. The molecule has 3 aromatic rings. The van der Waals surface area contributed by atoms with Gasteiger partial charge in [-0.1, -0.05) is 30.3 Å². The van der Waals surface area contributed by atoms with E-state index >= 15 is 0 Å². The van der Waals surface area contributed by atoms with Gasteiger partial charge in [0.05, 0.1) is 31.6 Å². The van der Waals surface area contributed by atoms with E-state index in [4.69, 9.17) is 14.3 Å². The summed E-state index contributed by atoms with van der Waals surface area (Å²) in [5.74, 6) is 0.0330. The number of hydrogen-bond acceptors (Lipinski definition) is 6. The fourth-order valence-corrected chi connectivity index (χ4v) is 4.34. The number of carbonyl (C=O) groups excluding carboxylic acids is 2. The van der Waals surface area contributed by atoms with Crippen LogP contribution < -0.4 is 19.4 Å². The summed E-state index contributed by atoms with van der Waals surface area (Å²) in [6, 6.07) is 23.4.